The number of methoxy groups -OCH3 is 1. The Balaban J connectivity index is 1.53. The molecule has 1 aliphatic heterocycles. The van der Waals surface area contributed by atoms with Crippen molar-refractivity contribution in [3.05, 3.63) is 108 Å². The van der Waals surface area contributed by atoms with Crippen LogP contribution < -0.4 is 9.64 Å². The van der Waals surface area contributed by atoms with E-state index in [9.17, 15) is 4.79 Å². The van der Waals surface area contributed by atoms with Crippen LogP contribution in [0.15, 0.2) is 103 Å². The minimum absolute atomic E-state index is 0.186. The summed E-state index contributed by atoms with van der Waals surface area (Å²) in [4.78, 5) is 16.0. The van der Waals surface area contributed by atoms with Gasteiger partial charge in [0.25, 0.3) is 0 Å². The van der Waals surface area contributed by atoms with Crippen LogP contribution in [-0.2, 0) is 11.2 Å². The van der Waals surface area contributed by atoms with Crippen LogP contribution in [0.5, 0.6) is 5.75 Å². The number of anilines is 1. The van der Waals surface area contributed by atoms with Gasteiger partial charge in [-0.1, -0.05) is 72.9 Å². The molecule has 3 aliphatic rings. The average molecular weight is 410 g/mol. The van der Waals surface area contributed by atoms with E-state index in [4.69, 9.17) is 4.74 Å². The largest absolute Gasteiger partial charge is 0.497 e. The maximum Gasteiger partial charge on any atom is 0.238 e. The summed E-state index contributed by atoms with van der Waals surface area (Å²) in [5, 5.41) is 0. The SMILES string of the molecule is COc1ccc(N2CC[C@@](Cc3ccccc3)(C3=CC4C=CC=CC4C=C3)C2=O)cc1. The van der Waals surface area contributed by atoms with Gasteiger partial charge >= 0.3 is 0 Å². The van der Waals surface area contributed by atoms with Gasteiger partial charge in [0.1, 0.15) is 5.75 Å². The van der Waals surface area contributed by atoms with Gasteiger partial charge in [-0.15, -0.1) is 0 Å². The third-order valence-corrected chi connectivity index (χ3v) is 6.79. The van der Waals surface area contributed by atoms with Crippen molar-refractivity contribution >= 4 is 11.6 Å². The minimum Gasteiger partial charge on any atom is -0.497 e. The molecule has 1 heterocycles. The highest BCUT2D eigenvalue weighted by atomic mass is 16.5. The Hall–Kier alpha value is -3.33. The molecule has 0 bridgehead atoms. The molecule has 2 unspecified atom stereocenters. The van der Waals surface area contributed by atoms with E-state index in [-0.39, 0.29) is 5.91 Å². The van der Waals surface area contributed by atoms with Gasteiger partial charge in [0.15, 0.2) is 0 Å². The quantitative estimate of drug-likeness (QED) is 0.651. The molecular formula is C28H27NO2. The Morgan fingerprint density at radius 2 is 1.71 bits per heavy atom. The van der Waals surface area contributed by atoms with Crippen molar-refractivity contribution in [3.63, 3.8) is 0 Å². The van der Waals surface area contributed by atoms with Crippen LogP contribution in [0.3, 0.4) is 0 Å². The molecule has 0 N–H and O–H groups in total. The van der Waals surface area contributed by atoms with E-state index in [1.54, 1.807) is 7.11 Å². The number of benzene rings is 2. The standard InChI is InChI=1S/C28H27NO2/c1-31-26-15-13-25(14-16-26)29-18-17-28(27(29)30,20-21-7-3-2-4-8-21)24-12-11-22-9-5-6-10-23(22)19-24/h2-16,19,22-23H,17-18,20H2,1H3/t22?,23?,28-/m1/s1. The van der Waals surface area contributed by atoms with E-state index in [0.29, 0.717) is 24.8 Å². The Labute approximate surface area is 184 Å². The minimum atomic E-state index is -0.544. The zero-order chi connectivity index (χ0) is 21.3. The van der Waals surface area contributed by atoms with Crippen molar-refractivity contribution in [1.29, 1.82) is 0 Å². The fraction of sp³-hybridized carbons (Fsp3) is 0.250. The highest BCUT2D eigenvalue weighted by molar-refractivity contribution is 6.02. The molecule has 1 fully saturated rings. The molecule has 2 aromatic carbocycles. The van der Waals surface area contributed by atoms with Crippen LogP contribution >= 0.6 is 0 Å². The molecule has 3 nitrogen and oxygen atoms in total. The van der Waals surface area contributed by atoms with E-state index >= 15 is 0 Å². The molecule has 5 rings (SSSR count). The summed E-state index contributed by atoms with van der Waals surface area (Å²) in [5.74, 6) is 1.69. The Morgan fingerprint density at radius 3 is 2.45 bits per heavy atom. The Morgan fingerprint density at radius 1 is 0.968 bits per heavy atom. The Kier molecular flexibility index (Phi) is 5.11. The molecule has 3 atom stereocenters. The molecule has 0 spiro atoms. The lowest BCUT2D eigenvalue weighted by Crippen LogP contribution is -2.38. The van der Waals surface area contributed by atoms with Crippen LogP contribution in [0.25, 0.3) is 0 Å². The average Bonchev–Trinajstić information content (AvgIpc) is 3.16. The van der Waals surface area contributed by atoms with Crippen LogP contribution in [-0.4, -0.2) is 19.6 Å². The summed E-state index contributed by atoms with van der Waals surface area (Å²) in [6, 6.07) is 18.2. The highest BCUT2D eigenvalue weighted by Crippen LogP contribution is 2.47. The van der Waals surface area contributed by atoms with E-state index in [1.165, 1.54) is 5.56 Å². The van der Waals surface area contributed by atoms with Gasteiger partial charge < -0.3 is 9.64 Å². The first-order chi connectivity index (χ1) is 15.2. The second-order valence-corrected chi connectivity index (χ2v) is 8.55. The summed E-state index contributed by atoms with van der Waals surface area (Å²) in [5.41, 5.74) is 2.73. The summed E-state index contributed by atoms with van der Waals surface area (Å²) >= 11 is 0. The smallest absolute Gasteiger partial charge is 0.238 e. The van der Waals surface area contributed by atoms with E-state index in [2.05, 4.69) is 66.8 Å². The number of ether oxygens (including phenoxy) is 1. The molecule has 0 saturated carbocycles. The number of hydrogen-bond acceptors (Lipinski definition) is 2. The molecule has 1 amide bonds. The number of amides is 1. The van der Waals surface area contributed by atoms with Crippen LogP contribution in [0.2, 0.25) is 0 Å². The fourth-order valence-corrected chi connectivity index (χ4v) is 5.05. The summed E-state index contributed by atoms with van der Waals surface area (Å²) in [7, 11) is 1.66. The Bertz CT molecular complexity index is 1080. The highest BCUT2D eigenvalue weighted by Gasteiger charge is 2.49. The zero-order valence-corrected chi connectivity index (χ0v) is 17.8. The number of nitrogens with zero attached hydrogens (tertiary/aromatic N) is 1. The van der Waals surface area contributed by atoms with E-state index in [0.717, 1.165) is 23.4 Å². The van der Waals surface area contributed by atoms with Crippen molar-refractivity contribution in [2.45, 2.75) is 12.8 Å². The molecule has 31 heavy (non-hydrogen) atoms. The monoisotopic (exact) mass is 409 g/mol. The lowest BCUT2D eigenvalue weighted by Gasteiger charge is -2.34. The van der Waals surface area contributed by atoms with Gasteiger partial charge in [-0.25, -0.2) is 0 Å². The number of carbonyl (C=O) groups is 1. The molecule has 1 saturated heterocycles. The van der Waals surface area contributed by atoms with Crippen molar-refractivity contribution in [3.8, 4) is 5.75 Å². The van der Waals surface area contributed by atoms with Crippen LogP contribution in [0.1, 0.15) is 12.0 Å². The van der Waals surface area contributed by atoms with Gasteiger partial charge in [0.2, 0.25) is 5.91 Å². The first-order valence-electron chi connectivity index (χ1n) is 10.9. The normalized spacial score (nSPS) is 26.7. The molecule has 0 radical (unpaired) electrons. The van der Waals surface area contributed by atoms with Gasteiger partial charge in [-0.05, 0) is 48.2 Å². The van der Waals surface area contributed by atoms with Crippen LogP contribution in [0, 0.1) is 17.3 Å². The molecule has 2 aromatic rings. The van der Waals surface area contributed by atoms with Gasteiger partial charge in [0.05, 0.1) is 12.5 Å². The number of fused-ring (bicyclic) bond motifs is 1. The molecule has 0 aromatic heterocycles. The first-order valence-corrected chi connectivity index (χ1v) is 10.9. The van der Waals surface area contributed by atoms with Crippen molar-refractivity contribution in [1.82, 2.24) is 0 Å². The number of allylic oxidation sites excluding steroid dienone is 7. The predicted molar refractivity (Wildman–Crippen MR) is 125 cm³/mol. The number of carbonyl (C=O) groups excluding carboxylic acids is 1. The molecule has 156 valence electrons. The molecule has 3 heteroatoms. The molecular weight excluding hydrogens is 382 g/mol. The lowest BCUT2D eigenvalue weighted by atomic mass is 9.69. The third-order valence-electron chi connectivity index (χ3n) is 6.79. The maximum absolute atomic E-state index is 14.0. The number of rotatable bonds is 5. The van der Waals surface area contributed by atoms with Crippen molar-refractivity contribution in [2.75, 3.05) is 18.6 Å². The first kappa shape index (κ1) is 19.6. The second-order valence-electron chi connectivity index (χ2n) is 8.55. The van der Waals surface area contributed by atoms with E-state index in [1.807, 2.05) is 35.2 Å². The van der Waals surface area contributed by atoms with Crippen molar-refractivity contribution < 1.29 is 9.53 Å². The van der Waals surface area contributed by atoms with E-state index < -0.39 is 5.41 Å². The summed E-state index contributed by atoms with van der Waals surface area (Å²) in [6.45, 7) is 0.715. The maximum atomic E-state index is 14.0. The zero-order valence-electron chi connectivity index (χ0n) is 17.8. The predicted octanol–water partition coefficient (Wildman–Crippen LogP) is 5.52. The van der Waals surface area contributed by atoms with Gasteiger partial charge in [0, 0.05) is 24.1 Å². The van der Waals surface area contributed by atoms with Crippen LogP contribution in [0.4, 0.5) is 5.69 Å². The van der Waals surface area contributed by atoms with Crippen molar-refractivity contribution in [2.24, 2.45) is 17.3 Å². The summed E-state index contributed by atoms with van der Waals surface area (Å²) < 4.78 is 5.29. The fourth-order valence-electron chi connectivity index (χ4n) is 5.05. The second kappa shape index (κ2) is 8.07. The lowest BCUT2D eigenvalue weighted by molar-refractivity contribution is -0.123. The van der Waals surface area contributed by atoms with Gasteiger partial charge in [-0.2, -0.15) is 0 Å². The third kappa shape index (κ3) is 3.54. The number of hydrogen-bond donors (Lipinski definition) is 0. The topological polar surface area (TPSA) is 29.5 Å². The summed E-state index contributed by atoms with van der Waals surface area (Å²) in [6.07, 6.45) is 17.0. The molecule has 2 aliphatic carbocycles. The van der Waals surface area contributed by atoms with Gasteiger partial charge in [-0.3, -0.25) is 4.79 Å².